The molecule has 0 aliphatic carbocycles. The van der Waals surface area contributed by atoms with Crippen LogP contribution in [0.25, 0.3) is 6.08 Å². The van der Waals surface area contributed by atoms with Gasteiger partial charge in [-0.1, -0.05) is 58.4 Å². The number of carbonyl (C=O) groups excluding carboxylic acids is 2. The largest absolute Gasteiger partial charge is 0.452 e. The Kier molecular flexibility index (Phi) is 5.75. The van der Waals surface area contributed by atoms with Gasteiger partial charge >= 0.3 is 5.97 Å². The highest BCUT2D eigenvalue weighted by Gasteiger charge is 2.31. The first kappa shape index (κ1) is 20.4. The van der Waals surface area contributed by atoms with Crippen LogP contribution >= 0.6 is 27.5 Å². The molecule has 0 radical (unpaired) electrons. The molecule has 0 fully saturated rings. The average molecular weight is 484 g/mol. The third-order valence-corrected chi connectivity index (χ3v) is 5.67. The molecule has 0 bridgehead atoms. The lowest BCUT2D eigenvalue weighted by Gasteiger charge is -2.13. The number of allylic oxidation sites excluding steroid dienone is 1. The van der Waals surface area contributed by atoms with Crippen molar-refractivity contribution in [3.05, 3.63) is 99.2 Å². The minimum Gasteiger partial charge on any atom is -0.452 e. The van der Waals surface area contributed by atoms with Crippen LogP contribution in [0.2, 0.25) is 0 Å². The van der Waals surface area contributed by atoms with Crippen LogP contribution in [-0.4, -0.2) is 11.8 Å². The number of carbonyl (C=O) groups is 2. The summed E-state index contributed by atoms with van der Waals surface area (Å²) < 4.78 is 12.3. The Morgan fingerprint density at radius 3 is 2.47 bits per heavy atom. The lowest BCUT2D eigenvalue weighted by molar-refractivity contribution is -0.134. The summed E-state index contributed by atoms with van der Waals surface area (Å²) >= 11 is 9.64. The summed E-state index contributed by atoms with van der Waals surface area (Å²) in [7, 11) is 0. The van der Waals surface area contributed by atoms with E-state index >= 15 is 0 Å². The number of esters is 1. The molecule has 1 atom stereocenters. The smallest absolute Gasteiger partial charge is 0.334 e. The van der Waals surface area contributed by atoms with Gasteiger partial charge in [0.1, 0.15) is 11.5 Å². The number of benzene rings is 3. The molecule has 0 saturated heterocycles. The van der Waals surface area contributed by atoms with E-state index < -0.39 is 11.3 Å². The third-order valence-electron chi connectivity index (χ3n) is 4.71. The fourth-order valence-corrected chi connectivity index (χ4v) is 3.56. The highest BCUT2D eigenvalue weighted by Crippen LogP contribution is 2.40. The minimum absolute atomic E-state index is 0.214. The Morgan fingerprint density at radius 2 is 1.77 bits per heavy atom. The number of rotatable bonds is 4. The third kappa shape index (κ3) is 4.04. The van der Waals surface area contributed by atoms with Crippen molar-refractivity contribution in [2.45, 2.75) is 12.3 Å². The van der Waals surface area contributed by atoms with Crippen molar-refractivity contribution in [3.8, 4) is 11.5 Å². The van der Waals surface area contributed by atoms with Crippen molar-refractivity contribution >= 4 is 45.4 Å². The summed E-state index contributed by atoms with van der Waals surface area (Å²) in [5, 5.41) is -0.936. The van der Waals surface area contributed by atoms with Gasteiger partial charge in [0.2, 0.25) is 5.78 Å². The zero-order valence-electron chi connectivity index (χ0n) is 15.9. The van der Waals surface area contributed by atoms with Crippen molar-refractivity contribution in [1.82, 2.24) is 0 Å². The van der Waals surface area contributed by atoms with Crippen molar-refractivity contribution in [2.75, 3.05) is 0 Å². The van der Waals surface area contributed by atoms with E-state index in [2.05, 4.69) is 15.9 Å². The number of hydrogen-bond acceptors (Lipinski definition) is 4. The van der Waals surface area contributed by atoms with Crippen LogP contribution in [0.1, 0.15) is 32.4 Å². The second-order valence-corrected chi connectivity index (χ2v) is 8.10. The summed E-state index contributed by atoms with van der Waals surface area (Å²) in [4.78, 5) is 25.2. The molecule has 0 spiro atoms. The molecule has 1 heterocycles. The molecule has 1 unspecified atom stereocenters. The number of fused-ring (bicyclic) bond motifs is 1. The van der Waals surface area contributed by atoms with Crippen LogP contribution < -0.4 is 9.47 Å². The lowest BCUT2D eigenvalue weighted by atomic mass is 10.1. The van der Waals surface area contributed by atoms with Crippen molar-refractivity contribution < 1.29 is 19.1 Å². The first-order chi connectivity index (χ1) is 14.4. The van der Waals surface area contributed by atoms with Crippen molar-refractivity contribution in [2.24, 2.45) is 0 Å². The van der Waals surface area contributed by atoms with Gasteiger partial charge in [0.05, 0.1) is 5.56 Å². The molecule has 6 heteroatoms. The van der Waals surface area contributed by atoms with Gasteiger partial charge in [-0.25, -0.2) is 4.79 Å². The lowest BCUT2D eigenvalue weighted by Crippen LogP contribution is -2.15. The molecule has 30 heavy (non-hydrogen) atoms. The molecule has 3 aromatic rings. The first-order valence-corrected chi connectivity index (χ1v) is 10.4. The number of halogens is 2. The molecule has 0 amide bonds. The number of ether oxygens (including phenoxy) is 2. The van der Waals surface area contributed by atoms with E-state index in [1.165, 1.54) is 0 Å². The van der Waals surface area contributed by atoms with Gasteiger partial charge in [0, 0.05) is 10.0 Å². The molecule has 1 aliphatic heterocycles. The standard InChI is InChI=1S/C24H16BrClO4/c1-14-19(30-24(28)21(26)16-5-3-2-4-6-16)12-11-18-22(27)20(29-23(14)18)13-15-7-9-17(25)10-8-15/h2-13,21H,1H3/b20-13-. The van der Waals surface area contributed by atoms with Crippen molar-refractivity contribution in [1.29, 1.82) is 0 Å². The van der Waals surface area contributed by atoms with Gasteiger partial charge in [-0.3, -0.25) is 4.79 Å². The molecule has 1 aliphatic rings. The van der Waals surface area contributed by atoms with Gasteiger partial charge in [-0.05, 0) is 48.4 Å². The van der Waals surface area contributed by atoms with Crippen LogP contribution in [0, 0.1) is 6.92 Å². The Bertz CT molecular complexity index is 1150. The molecule has 3 aromatic carbocycles. The van der Waals surface area contributed by atoms with Gasteiger partial charge in [-0.2, -0.15) is 0 Å². The summed E-state index contributed by atoms with van der Waals surface area (Å²) in [6.45, 7) is 1.74. The fourth-order valence-electron chi connectivity index (χ4n) is 3.11. The quantitative estimate of drug-likeness (QED) is 0.190. The monoisotopic (exact) mass is 482 g/mol. The minimum atomic E-state index is -0.936. The highest BCUT2D eigenvalue weighted by atomic mass is 79.9. The Balaban J connectivity index is 1.57. The van der Waals surface area contributed by atoms with E-state index in [-0.39, 0.29) is 11.5 Å². The van der Waals surface area contributed by atoms with E-state index in [9.17, 15) is 9.59 Å². The average Bonchev–Trinajstić information content (AvgIpc) is 3.08. The van der Waals surface area contributed by atoms with Crippen LogP contribution in [-0.2, 0) is 4.79 Å². The number of ketones is 1. The summed E-state index contributed by atoms with van der Waals surface area (Å²) in [5.41, 5.74) is 2.48. The highest BCUT2D eigenvalue weighted by molar-refractivity contribution is 9.10. The van der Waals surface area contributed by atoms with Crippen LogP contribution in [0.15, 0.2) is 77.0 Å². The van der Waals surface area contributed by atoms with E-state index in [1.54, 1.807) is 49.4 Å². The van der Waals surface area contributed by atoms with E-state index in [1.807, 2.05) is 30.3 Å². The van der Waals surface area contributed by atoms with Crippen LogP contribution in [0.5, 0.6) is 11.5 Å². The van der Waals surface area contributed by atoms with E-state index in [0.717, 1.165) is 10.0 Å². The topological polar surface area (TPSA) is 52.6 Å². The van der Waals surface area contributed by atoms with Gasteiger partial charge in [-0.15, -0.1) is 11.6 Å². The number of alkyl halides is 1. The maximum absolute atomic E-state index is 12.7. The normalized spacial score (nSPS) is 14.9. The molecule has 0 saturated carbocycles. The van der Waals surface area contributed by atoms with Gasteiger partial charge in [0.15, 0.2) is 11.1 Å². The van der Waals surface area contributed by atoms with Crippen molar-refractivity contribution in [3.63, 3.8) is 0 Å². The zero-order valence-corrected chi connectivity index (χ0v) is 18.2. The SMILES string of the molecule is Cc1c(OC(=O)C(Cl)c2ccccc2)ccc2c1O/C(=C\c1ccc(Br)cc1)C2=O. The molecule has 150 valence electrons. The molecular formula is C24H16BrClO4. The molecule has 4 rings (SSSR count). The Labute approximate surface area is 187 Å². The van der Waals surface area contributed by atoms with Gasteiger partial charge < -0.3 is 9.47 Å². The Hall–Kier alpha value is -2.89. The molecule has 0 aromatic heterocycles. The van der Waals surface area contributed by atoms with E-state index in [0.29, 0.717) is 28.2 Å². The number of hydrogen-bond donors (Lipinski definition) is 0. The maximum Gasteiger partial charge on any atom is 0.334 e. The molecule has 4 nitrogen and oxygen atoms in total. The van der Waals surface area contributed by atoms with E-state index in [4.69, 9.17) is 21.1 Å². The summed E-state index contributed by atoms with van der Waals surface area (Å²) in [6.07, 6.45) is 1.68. The molecule has 0 N–H and O–H groups in total. The Morgan fingerprint density at radius 1 is 1.07 bits per heavy atom. The maximum atomic E-state index is 12.7. The second kappa shape index (κ2) is 8.46. The predicted molar refractivity (Wildman–Crippen MR) is 119 cm³/mol. The summed E-state index contributed by atoms with van der Waals surface area (Å²) in [6, 6.07) is 19.7. The first-order valence-electron chi connectivity index (χ1n) is 9.18. The van der Waals surface area contributed by atoms with Crippen LogP contribution in [0.4, 0.5) is 0 Å². The predicted octanol–water partition coefficient (Wildman–Crippen LogP) is 6.26. The van der Waals surface area contributed by atoms with Gasteiger partial charge in [0.25, 0.3) is 0 Å². The number of Topliss-reactive ketones (excluding diaryl/α,β-unsaturated/α-hetero) is 1. The second-order valence-electron chi connectivity index (χ2n) is 6.75. The summed E-state index contributed by atoms with van der Waals surface area (Å²) in [5.74, 6) is 0.102. The fraction of sp³-hybridized carbons (Fsp3) is 0.0833. The zero-order chi connectivity index (χ0) is 21.3. The molecular weight excluding hydrogens is 468 g/mol. The van der Waals surface area contributed by atoms with Crippen LogP contribution in [0.3, 0.4) is 0 Å².